The Labute approximate surface area is 169 Å². The first-order valence-corrected chi connectivity index (χ1v) is 10.2. The van der Waals surface area contributed by atoms with Crippen molar-refractivity contribution in [3.8, 4) is 22.8 Å². The molecule has 1 fully saturated rings. The van der Waals surface area contributed by atoms with Crippen molar-refractivity contribution in [1.29, 1.82) is 0 Å². The first-order valence-electron chi connectivity index (χ1n) is 9.33. The second-order valence-electron chi connectivity index (χ2n) is 7.00. The van der Waals surface area contributed by atoms with Gasteiger partial charge in [0.05, 0.1) is 25.5 Å². The Morgan fingerprint density at radius 1 is 1.00 bits per heavy atom. The molecule has 1 saturated heterocycles. The van der Waals surface area contributed by atoms with Gasteiger partial charge in [-0.3, -0.25) is 0 Å². The molecule has 6 heteroatoms. The first kappa shape index (κ1) is 18.8. The van der Waals surface area contributed by atoms with Gasteiger partial charge in [-0.1, -0.05) is 30.3 Å². The molecule has 0 saturated carbocycles. The minimum absolute atomic E-state index is 0.629. The maximum atomic E-state index is 11.3. The molecule has 0 aliphatic carbocycles. The summed E-state index contributed by atoms with van der Waals surface area (Å²) in [7, 11) is 3.25. The monoisotopic (exact) mass is 396 g/mol. The van der Waals surface area contributed by atoms with Gasteiger partial charge in [-0.2, -0.15) is 0 Å². The molecule has 0 amide bonds. The molecule has 0 radical (unpaired) electrons. The van der Waals surface area contributed by atoms with E-state index in [4.69, 9.17) is 14.5 Å². The van der Waals surface area contributed by atoms with E-state index in [1.54, 1.807) is 25.6 Å². The summed E-state index contributed by atoms with van der Waals surface area (Å²) in [5, 5.41) is 14.4. The number of hydrogen-bond acceptors (Lipinski definition) is 6. The molecule has 4 rings (SSSR count). The molecule has 1 N–H and O–H groups in total. The van der Waals surface area contributed by atoms with Gasteiger partial charge in [-0.05, 0) is 30.5 Å². The summed E-state index contributed by atoms with van der Waals surface area (Å²) >= 11 is 1.65. The molecule has 1 aliphatic rings. The van der Waals surface area contributed by atoms with E-state index in [0.717, 1.165) is 35.0 Å². The average molecular weight is 397 g/mol. The van der Waals surface area contributed by atoms with Crippen molar-refractivity contribution in [3.05, 3.63) is 59.5 Å². The fourth-order valence-corrected chi connectivity index (χ4v) is 4.47. The maximum absolute atomic E-state index is 11.3. The van der Waals surface area contributed by atoms with Crippen molar-refractivity contribution >= 4 is 16.5 Å². The molecule has 1 aromatic heterocycles. The third kappa shape index (κ3) is 3.70. The number of rotatable bonds is 5. The van der Waals surface area contributed by atoms with Gasteiger partial charge in [0.25, 0.3) is 0 Å². The van der Waals surface area contributed by atoms with Crippen LogP contribution in [0.15, 0.2) is 53.9 Å². The van der Waals surface area contributed by atoms with E-state index in [-0.39, 0.29) is 0 Å². The van der Waals surface area contributed by atoms with Gasteiger partial charge in [0.2, 0.25) is 0 Å². The van der Waals surface area contributed by atoms with E-state index in [0.29, 0.717) is 24.3 Å². The smallest absolute Gasteiger partial charge is 0.185 e. The van der Waals surface area contributed by atoms with Crippen molar-refractivity contribution in [2.75, 3.05) is 32.2 Å². The maximum Gasteiger partial charge on any atom is 0.185 e. The molecular formula is C22H24N2O3S. The van der Waals surface area contributed by atoms with Gasteiger partial charge in [0.1, 0.15) is 11.5 Å². The Morgan fingerprint density at radius 3 is 2.25 bits per heavy atom. The Morgan fingerprint density at radius 2 is 1.64 bits per heavy atom. The van der Waals surface area contributed by atoms with Gasteiger partial charge in [0.15, 0.2) is 5.13 Å². The molecule has 2 heterocycles. The second kappa shape index (κ2) is 7.81. The first-order chi connectivity index (χ1) is 13.6. The molecule has 28 heavy (non-hydrogen) atoms. The van der Waals surface area contributed by atoms with Gasteiger partial charge in [0, 0.05) is 30.1 Å². The van der Waals surface area contributed by atoms with Crippen LogP contribution in [0.5, 0.6) is 11.5 Å². The molecular weight excluding hydrogens is 372 g/mol. The summed E-state index contributed by atoms with van der Waals surface area (Å²) in [6.07, 6.45) is 1.26. The lowest BCUT2D eigenvalue weighted by Crippen LogP contribution is -2.42. The van der Waals surface area contributed by atoms with E-state index in [1.807, 2.05) is 36.4 Å². The topological polar surface area (TPSA) is 54.8 Å². The Hall–Kier alpha value is -2.57. The van der Waals surface area contributed by atoms with Gasteiger partial charge in [-0.25, -0.2) is 4.98 Å². The largest absolute Gasteiger partial charge is 0.497 e. The van der Waals surface area contributed by atoms with Crippen LogP contribution in [0.1, 0.15) is 18.4 Å². The minimum Gasteiger partial charge on any atom is -0.497 e. The number of anilines is 1. The Bertz CT molecular complexity index is 912. The fourth-order valence-electron chi connectivity index (χ4n) is 3.58. The predicted octanol–water partition coefficient (Wildman–Crippen LogP) is 4.32. The van der Waals surface area contributed by atoms with E-state index in [1.165, 1.54) is 0 Å². The minimum atomic E-state index is -0.891. The summed E-state index contributed by atoms with van der Waals surface area (Å²) in [6, 6.07) is 15.8. The molecule has 0 bridgehead atoms. The van der Waals surface area contributed by atoms with Crippen LogP contribution in [0.25, 0.3) is 11.3 Å². The average Bonchev–Trinajstić information content (AvgIpc) is 3.24. The number of piperidine rings is 1. The third-order valence-corrected chi connectivity index (χ3v) is 6.21. The van der Waals surface area contributed by atoms with Crippen LogP contribution in [-0.2, 0) is 5.60 Å². The summed E-state index contributed by atoms with van der Waals surface area (Å²) in [6.45, 7) is 1.50. The third-order valence-electron chi connectivity index (χ3n) is 5.31. The predicted molar refractivity (Wildman–Crippen MR) is 112 cm³/mol. The Kier molecular flexibility index (Phi) is 5.24. The van der Waals surface area contributed by atoms with Crippen molar-refractivity contribution in [2.45, 2.75) is 18.4 Å². The van der Waals surface area contributed by atoms with Crippen LogP contribution in [0.2, 0.25) is 0 Å². The lowest BCUT2D eigenvalue weighted by Gasteiger charge is -2.38. The van der Waals surface area contributed by atoms with Crippen molar-refractivity contribution in [3.63, 3.8) is 0 Å². The van der Waals surface area contributed by atoms with E-state index in [2.05, 4.69) is 22.4 Å². The van der Waals surface area contributed by atoms with Crippen molar-refractivity contribution < 1.29 is 14.6 Å². The number of hydrogen-bond donors (Lipinski definition) is 1. The second-order valence-corrected chi connectivity index (χ2v) is 7.84. The van der Waals surface area contributed by atoms with Crippen molar-refractivity contribution in [1.82, 2.24) is 4.98 Å². The molecule has 5 nitrogen and oxygen atoms in total. The number of thiazole rings is 1. The number of nitrogens with zero attached hydrogens (tertiary/aromatic N) is 2. The number of aliphatic hydroxyl groups is 1. The van der Waals surface area contributed by atoms with Crippen LogP contribution in [0, 0.1) is 0 Å². The summed E-state index contributed by atoms with van der Waals surface area (Å²) in [5.41, 5.74) is 2.08. The van der Waals surface area contributed by atoms with Crippen LogP contribution < -0.4 is 14.4 Å². The van der Waals surface area contributed by atoms with E-state index < -0.39 is 5.60 Å². The highest BCUT2D eigenvalue weighted by atomic mass is 32.1. The van der Waals surface area contributed by atoms with Crippen molar-refractivity contribution in [2.24, 2.45) is 0 Å². The zero-order chi connectivity index (χ0) is 19.6. The molecule has 146 valence electrons. The van der Waals surface area contributed by atoms with Crippen LogP contribution in [0.3, 0.4) is 0 Å². The SMILES string of the molecule is COc1cc(OC)cc(C2(O)CCN(c3nc(-c4ccccc4)cs3)CC2)c1. The summed E-state index contributed by atoms with van der Waals surface area (Å²) in [4.78, 5) is 7.06. The molecule has 0 atom stereocenters. The normalized spacial score (nSPS) is 16.0. The number of methoxy groups -OCH3 is 2. The number of ether oxygens (including phenoxy) is 2. The van der Waals surface area contributed by atoms with Crippen LogP contribution in [0.4, 0.5) is 5.13 Å². The molecule has 0 spiro atoms. The molecule has 0 unspecified atom stereocenters. The zero-order valence-electron chi connectivity index (χ0n) is 16.1. The Balaban J connectivity index is 1.49. The standard InChI is InChI=1S/C22H24N2O3S/c1-26-18-12-17(13-19(14-18)27-2)22(25)8-10-24(11-9-22)21-23-20(15-28-21)16-6-4-3-5-7-16/h3-7,12-15,25H,8-11H2,1-2H3. The summed E-state index contributed by atoms with van der Waals surface area (Å²) in [5.74, 6) is 1.38. The lowest BCUT2D eigenvalue weighted by atomic mass is 9.84. The fraction of sp³-hybridized carbons (Fsp3) is 0.318. The summed E-state index contributed by atoms with van der Waals surface area (Å²) < 4.78 is 10.7. The number of benzene rings is 2. The highest BCUT2D eigenvalue weighted by molar-refractivity contribution is 7.14. The highest BCUT2D eigenvalue weighted by Gasteiger charge is 2.35. The zero-order valence-corrected chi connectivity index (χ0v) is 16.9. The van der Waals surface area contributed by atoms with E-state index >= 15 is 0 Å². The highest BCUT2D eigenvalue weighted by Crippen LogP contribution is 2.39. The van der Waals surface area contributed by atoms with Crippen LogP contribution >= 0.6 is 11.3 Å². The van der Waals surface area contributed by atoms with Gasteiger partial charge < -0.3 is 19.5 Å². The quantitative estimate of drug-likeness (QED) is 0.696. The number of aromatic nitrogens is 1. The molecule has 2 aromatic carbocycles. The lowest BCUT2D eigenvalue weighted by molar-refractivity contribution is 0.0114. The molecule has 3 aromatic rings. The van der Waals surface area contributed by atoms with Gasteiger partial charge in [-0.15, -0.1) is 11.3 Å². The van der Waals surface area contributed by atoms with E-state index in [9.17, 15) is 5.11 Å². The van der Waals surface area contributed by atoms with Gasteiger partial charge >= 0.3 is 0 Å². The molecule has 1 aliphatic heterocycles. The van der Waals surface area contributed by atoms with Crippen LogP contribution in [-0.4, -0.2) is 37.4 Å².